The number of hydrogen-bond acceptors (Lipinski definition) is 5. The van der Waals surface area contributed by atoms with Crippen LogP contribution >= 0.6 is 0 Å². The summed E-state index contributed by atoms with van der Waals surface area (Å²) in [7, 11) is 0. The SMILES string of the molecule is CCOC(=O)C1CCN(CC(=O)NC(=O)NC(C)(C)C)CC1. The van der Waals surface area contributed by atoms with Crippen LogP contribution in [-0.2, 0) is 14.3 Å². The number of nitrogens with zero attached hydrogens (tertiary/aromatic N) is 1. The molecule has 0 aliphatic carbocycles. The fraction of sp³-hybridized carbons (Fsp3) is 0.800. The first-order valence-corrected chi connectivity index (χ1v) is 7.72. The molecular weight excluding hydrogens is 286 g/mol. The summed E-state index contributed by atoms with van der Waals surface area (Å²) in [4.78, 5) is 37.0. The van der Waals surface area contributed by atoms with Crippen molar-refractivity contribution in [2.45, 2.75) is 46.1 Å². The van der Waals surface area contributed by atoms with Crippen molar-refractivity contribution in [1.82, 2.24) is 15.5 Å². The molecule has 3 amide bonds. The summed E-state index contributed by atoms with van der Waals surface area (Å²) in [6, 6.07) is -0.487. The van der Waals surface area contributed by atoms with E-state index in [0.29, 0.717) is 32.5 Å². The zero-order valence-electron chi connectivity index (χ0n) is 13.9. The Morgan fingerprint density at radius 2 is 1.77 bits per heavy atom. The average molecular weight is 313 g/mol. The summed E-state index contributed by atoms with van der Waals surface area (Å²) in [5, 5.41) is 4.99. The zero-order chi connectivity index (χ0) is 16.8. The standard InChI is InChI=1S/C15H27N3O4/c1-5-22-13(20)11-6-8-18(9-7-11)10-12(19)16-14(21)17-15(2,3)4/h11H,5-10H2,1-4H3,(H2,16,17,19,21). The van der Waals surface area contributed by atoms with Gasteiger partial charge in [0, 0.05) is 5.54 Å². The highest BCUT2D eigenvalue weighted by Gasteiger charge is 2.27. The predicted molar refractivity (Wildman–Crippen MR) is 82.2 cm³/mol. The van der Waals surface area contributed by atoms with E-state index in [1.807, 2.05) is 25.7 Å². The topological polar surface area (TPSA) is 87.7 Å². The van der Waals surface area contributed by atoms with Gasteiger partial charge in [0.15, 0.2) is 0 Å². The van der Waals surface area contributed by atoms with Crippen molar-refractivity contribution in [3.8, 4) is 0 Å². The lowest BCUT2D eigenvalue weighted by Gasteiger charge is -2.30. The molecular formula is C15H27N3O4. The number of ether oxygens (including phenoxy) is 1. The van der Waals surface area contributed by atoms with Crippen LogP contribution in [0.1, 0.15) is 40.5 Å². The number of carbonyl (C=O) groups excluding carboxylic acids is 3. The average Bonchev–Trinajstić information content (AvgIpc) is 2.37. The minimum absolute atomic E-state index is 0.0801. The number of nitrogens with one attached hydrogen (secondary N) is 2. The Kier molecular flexibility index (Phi) is 6.80. The first-order valence-electron chi connectivity index (χ1n) is 7.72. The van der Waals surface area contributed by atoms with Gasteiger partial charge in [-0.05, 0) is 53.6 Å². The number of imide groups is 1. The van der Waals surface area contributed by atoms with Crippen molar-refractivity contribution < 1.29 is 19.1 Å². The lowest BCUT2D eigenvalue weighted by Crippen LogP contribution is -2.51. The predicted octanol–water partition coefficient (Wildman–Crippen LogP) is 0.886. The molecule has 7 nitrogen and oxygen atoms in total. The number of amides is 3. The van der Waals surface area contributed by atoms with Crippen LogP contribution in [0, 0.1) is 5.92 Å². The molecule has 126 valence electrons. The number of hydrogen-bond donors (Lipinski definition) is 2. The Balaban J connectivity index is 2.30. The fourth-order valence-electron chi connectivity index (χ4n) is 2.33. The van der Waals surface area contributed by atoms with Gasteiger partial charge in [0.1, 0.15) is 0 Å². The quantitative estimate of drug-likeness (QED) is 0.753. The van der Waals surface area contributed by atoms with Crippen molar-refractivity contribution >= 4 is 17.9 Å². The minimum Gasteiger partial charge on any atom is -0.466 e. The highest BCUT2D eigenvalue weighted by Crippen LogP contribution is 2.18. The molecule has 0 radical (unpaired) electrons. The Labute approximate surface area is 131 Å². The second-order valence-corrected chi connectivity index (χ2v) is 6.55. The molecule has 1 aliphatic rings. The molecule has 0 bridgehead atoms. The van der Waals surface area contributed by atoms with E-state index in [-0.39, 0.29) is 29.9 Å². The van der Waals surface area contributed by atoms with Crippen LogP contribution in [0.15, 0.2) is 0 Å². The largest absolute Gasteiger partial charge is 0.466 e. The van der Waals surface area contributed by atoms with E-state index in [0.717, 1.165) is 0 Å². The minimum atomic E-state index is -0.487. The number of urea groups is 1. The number of carbonyl (C=O) groups is 3. The molecule has 0 atom stereocenters. The van der Waals surface area contributed by atoms with Gasteiger partial charge in [0.2, 0.25) is 5.91 Å². The molecule has 0 unspecified atom stereocenters. The molecule has 1 rings (SSSR count). The monoisotopic (exact) mass is 313 g/mol. The van der Waals surface area contributed by atoms with Gasteiger partial charge in [-0.1, -0.05) is 0 Å². The summed E-state index contributed by atoms with van der Waals surface area (Å²) < 4.78 is 5.01. The molecule has 1 heterocycles. The normalized spacial score (nSPS) is 16.9. The van der Waals surface area contributed by atoms with Crippen molar-refractivity contribution in [2.75, 3.05) is 26.2 Å². The van der Waals surface area contributed by atoms with E-state index in [4.69, 9.17) is 4.74 Å². The van der Waals surface area contributed by atoms with Gasteiger partial charge in [-0.3, -0.25) is 19.8 Å². The summed E-state index contributed by atoms with van der Waals surface area (Å²) in [5.41, 5.74) is -0.387. The highest BCUT2D eigenvalue weighted by atomic mass is 16.5. The summed E-state index contributed by atoms with van der Waals surface area (Å²) in [5.74, 6) is -0.573. The molecule has 0 aromatic rings. The van der Waals surface area contributed by atoms with Crippen LogP contribution in [0.25, 0.3) is 0 Å². The van der Waals surface area contributed by atoms with Crippen LogP contribution in [0.4, 0.5) is 4.79 Å². The van der Waals surface area contributed by atoms with E-state index in [9.17, 15) is 14.4 Å². The third kappa shape index (κ3) is 6.89. The van der Waals surface area contributed by atoms with Crippen LogP contribution in [0.3, 0.4) is 0 Å². The molecule has 0 aromatic heterocycles. The lowest BCUT2D eigenvalue weighted by molar-refractivity contribution is -0.149. The Hall–Kier alpha value is -1.63. The second-order valence-electron chi connectivity index (χ2n) is 6.55. The number of rotatable bonds is 4. The van der Waals surface area contributed by atoms with E-state index in [1.165, 1.54) is 0 Å². The van der Waals surface area contributed by atoms with Crippen LogP contribution in [0.2, 0.25) is 0 Å². The maximum atomic E-state index is 11.8. The number of esters is 1. The highest BCUT2D eigenvalue weighted by molar-refractivity contribution is 5.95. The van der Waals surface area contributed by atoms with E-state index in [1.54, 1.807) is 6.92 Å². The van der Waals surface area contributed by atoms with Crippen LogP contribution in [0.5, 0.6) is 0 Å². The molecule has 7 heteroatoms. The molecule has 2 N–H and O–H groups in total. The van der Waals surface area contributed by atoms with Gasteiger partial charge in [-0.2, -0.15) is 0 Å². The zero-order valence-corrected chi connectivity index (χ0v) is 13.9. The summed E-state index contributed by atoms with van der Waals surface area (Å²) in [6.07, 6.45) is 1.36. The third-order valence-electron chi connectivity index (χ3n) is 3.32. The van der Waals surface area contributed by atoms with Crippen molar-refractivity contribution in [3.63, 3.8) is 0 Å². The molecule has 22 heavy (non-hydrogen) atoms. The summed E-state index contributed by atoms with van der Waals surface area (Å²) >= 11 is 0. The lowest BCUT2D eigenvalue weighted by atomic mass is 9.97. The van der Waals surface area contributed by atoms with Gasteiger partial charge < -0.3 is 10.1 Å². The smallest absolute Gasteiger partial charge is 0.321 e. The maximum Gasteiger partial charge on any atom is 0.321 e. The van der Waals surface area contributed by atoms with Gasteiger partial charge in [-0.25, -0.2) is 4.79 Å². The van der Waals surface area contributed by atoms with Crippen LogP contribution in [-0.4, -0.2) is 54.6 Å². The van der Waals surface area contributed by atoms with Gasteiger partial charge >= 0.3 is 12.0 Å². The van der Waals surface area contributed by atoms with Crippen molar-refractivity contribution in [2.24, 2.45) is 5.92 Å². The number of likely N-dealkylation sites (tertiary alicyclic amines) is 1. The van der Waals surface area contributed by atoms with E-state index in [2.05, 4.69) is 10.6 Å². The van der Waals surface area contributed by atoms with E-state index >= 15 is 0 Å². The molecule has 0 aromatic carbocycles. The first-order chi connectivity index (χ1) is 10.2. The van der Waals surface area contributed by atoms with Crippen LogP contribution < -0.4 is 10.6 Å². The second kappa shape index (κ2) is 8.12. The molecule has 1 aliphatic heterocycles. The first kappa shape index (κ1) is 18.4. The molecule has 1 fully saturated rings. The molecule has 0 saturated carbocycles. The van der Waals surface area contributed by atoms with Gasteiger partial charge in [0.05, 0.1) is 19.1 Å². The Morgan fingerprint density at radius 3 is 2.27 bits per heavy atom. The molecule has 0 spiro atoms. The number of piperidine rings is 1. The van der Waals surface area contributed by atoms with Crippen molar-refractivity contribution in [3.05, 3.63) is 0 Å². The maximum absolute atomic E-state index is 11.8. The van der Waals surface area contributed by atoms with Crippen molar-refractivity contribution in [1.29, 1.82) is 0 Å². The molecule has 1 saturated heterocycles. The van der Waals surface area contributed by atoms with Gasteiger partial charge in [0.25, 0.3) is 0 Å². The van der Waals surface area contributed by atoms with E-state index < -0.39 is 6.03 Å². The van der Waals surface area contributed by atoms with Gasteiger partial charge in [-0.15, -0.1) is 0 Å². The Morgan fingerprint density at radius 1 is 1.18 bits per heavy atom. The fourth-order valence-corrected chi connectivity index (χ4v) is 2.33. The Bertz CT molecular complexity index is 410. The summed E-state index contributed by atoms with van der Waals surface area (Å²) in [6.45, 7) is 9.18. The third-order valence-corrected chi connectivity index (χ3v) is 3.32.